The number of halogens is 1. The highest BCUT2D eigenvalue weighted by molar-refractivity contribution is 7.99. The normalized spacial score (nSPS) is 13.6. The summed E-state index contributed by atoms with van der Waals surface area (Å²) in [5.41, 5.74) is 6.96. The predicted molar refractivity (Wildman–Crippen MR) is 74.8 cm³/mol. The molecule has 0 heterocycles. The molecule has 3 N–H and O–H groups in total. The fourth-order valence-electron chi connectivity index (χ4n) is 1.30. The van der Waals surface area contributed by atoms with Gasteiger partial charge in [0.2, 0.25) is 0 Å². The Morgan fingerprint density at radius 2 is 2.17 bits per heavy atom. The largest absolute Gasteiger partial charge is 0.392 e. The molecule has 0 radical (unpaired) electrons. The van der Waals surface area contributed by atoms with Crippen LogP contribution in [0.25, 0.3) is 0 Å². The lowest BCUT2D eigenvalue weighted by molar-refractivity contribution is 0.196. The molecular formula is C14H18FNOS. The second-order valence-electron chi connectivity index (χ2n) is 4.06. The van der Waals surface area contributed by atoms with Crippen molar-refractivity contribution < 1.29 is 9.50 Å². The SMILES string of the molecule is CC(O)C(C)SCc1ccc(F)cc1C#CCN. The van der Waals surface area contributed by atoms with Crippen molar-refractivity contribution in [2.24, 2.45) is 5.73 Å². The van der Waals surface area contributed by atoms with Crippen molar-refractivity contribution in [1.82, 2.24) is 0 Å². The maximum Gasteiger partial charge on any atom is 0.124 e. The van der Waals surface area contributed by atoms with Crippen LogP contribution in [-0.2, 0) is 5.75 Å². The van der Waals surface area contributed by atoms with E-state index in [0.29, 0.717) is 11.3 Å². The molecular weight excluding hydrogens is 249 g/mol. The second-order valence-corrected chi connectivity index (χ2v) is 5.43. The summed E-state index contributed by atoms with van der Waals surface area (Å²) in [7, 11) is 0. The third kappa shape index (κ3) is 4.69. The first-order valence-electron chi connectivity index (χ1n) is 5.81. The average molecular weight is 267 g/mol. The van der Waals surface area contributed by atoms with Crippen LogP contribution < -0.4 is 5.73 Å². The minimum absolute atomic E-state index is 0.130. The Bertz CT molecular complexity index is 451. The van der Waals surface area contributed by atoms with Gasteiger partial charge in [-0.05, 0) is 24.6 Å². The predicted octanol–water partition coefficient (Wildman–Crippen LogP) is 2.14. The Hall–Kier alpha value is -1.02. The number of hydrogen-bond acceptors (Lipinski definition) is 3. The number of nitrogens with two attached hydrogens (primary N) is 1. The Labute approximate surface area is 112 Å². The molecule has 0 aliphatic heterocycles. The van der Waals surface area contributed by atoms with Gasteiger partial charge in [-0.25, -0.2) is 4.39 Å². The summed E-state index contributed by atoms with van der Waals surface area (Å²) in [5.74, 6) is 6.01. The summed E-state index contributed by atoms with van der Waals surface area (Å²) < 4.78 is 13.2. The molecule has 0 aliphatic rings. The fraction of sp³-hybridized carbons (Fsp3) is 0.429. The van der Waals surface area contributed by atoms with E-state index >= 15 is 0 Å². The van der Waals surface area contributed by atoms with E-state index < -0.39 is 0 Å². The lowest BCUT2D eigenvalue weighted by Crippen LogP contribution is -2.15. The molecule has 0 amide bonds. The highest BCUT2D eigenvalue weighted by Gasteiger charge is 2.10. The van der Waals surface area contributed by atoms with E-state index in [1.165, 1.54) is 12.1 Å². The number of benzene rings is 1. The highest BCUT2D eigenvalue weighted by Crippen LogP contribution is 2.22. The first-order chi connectivity index (χ1) is 8.54. The van der Waals surface area contributed by atoms with E-state index in [1.54, 1.807) is 24.8 Å². The van der Waals surface area contributed by atoms with E-state index in [0.717, 1.165) is 5.56 Å². The molecule has 0 aromatic heterocycles. The Morgan fingerprint density at radius 1 is 1.44 bits per heavy atom. The zero-order chi connectivity index (χ0) is 13.5. The van der Waals surface area contributed by atoms with Crippen LogP contribution in [0.2, 0.25) is 0 Å². The number of thioether (sulfide) groups is 1. The lowest BCUT2D eigenvalue weighted by Gasteiger charge is -2.14. The smallest absolute Gasteiger partial charge is 0.124 e. The first kappa shape index (κ1) is 15.0. The zero-order valence-electron chi connectivity index (χ0n) is 10.6. The van der Waals surface area contributed by atoms with Gasteiger partial charge in [-0.2, -0.15) is 11.8 Å². The highest BCUT2D eigenvalue weighted by atomic mass is 32.2. The van der Waals surface area contributed by atoms with Crippen molar-refractivity contribution in [3.05, 3.63) is 35.1 Å². The van der Waals surface area contributed by atoms with Crippen LogP contribution in [0, 0.1) is 17.7 Å². The summed E-state index contributed by atoms with van der Waals surface area (Å²) in [6.07, 6.45) is -0.367. The van der Waals surface area contributed by atoms with Gasteiger partial charge in [0.25, 0.3) is 0 Å². The first-order valence-corrected chi connectivity index (χ1v) is 6.86. The van der Waals surface area contributed by atoms with Crippen molar-refractivity contribution in [2.75, 3.05) is 6.54 Å². The van der Waals surface area contributed by atoms with Crippen LogP contribution >= 0.6 is 11.8 Å². The van der Waals surface area contributed by atoms with Gasteiger partial charge in [0.15, 0.2) is 0 Å². The summed E-state index contributed by atoms with van der Waals surface area (Å²) in [6, 6.07) is 4.58. The van der Waals surface area contributed by atoms with Crippen LogP contribution in [0.1, 0.15) is 25.0 Å². The van der Waals surface area contributed by atoms with E-state index in [4.69, 9.17) is 5.73 Å². The third-order valence-electron chi connectivity index (χ3n) is 2.58. The molecule has 0 aliphatic carbocycles. The Balaban J connectivity index is 2.81. The molecule has 0 bridgehead atoms. The molecule has 1 aromatic rings. The molecule has 18 heavy (non-hydrogen) atoms. The number of aliphatic hydroxyl groups excluding tert-OH is 1. The third-order valence-corrected chi connectivity index (χ3v) is 3.98. The Kier molecular flexibility index (Phi) is 6.20. The van der Waals surface area contributed by atoms with Crippen molar-refractivity contribution in [3.63, 3.8) is 0 Å². The molecule has 1 aromatic carbocycles. The van der Waals surface area contributed by atoms with Crippen molar-refractivity contribution in [3.8, 4) is 11.8 Å². The van der Waals surface area contributed by atoms with Crippen LogP contribution in [0.15, 0.2) is 18.2 Å². The maximum absolute atomic E-state index is 13.2. The van der Waals surface area contributed by atoms with Crippen molar-refractivity contribution in [2.45, 2.75) is 31.0 Å². The fourth-order valence-corrected chi connectivity index (χ4v) is 2.27. The quantitative estimate of drug-likeness (QED) is 0.822. The molecule has 0 saturated carbocycles. The van der Waals surface area contributed by atoms with Gasteiger partial charge in [0, 0.05) is 16.6 Å². The van der Waals surface area contributed by atoms with Gasteiger partial charge >= 0.3 is 0 Å². The molecule has 0 saturated heterocycles. The van der Waals surface area contributed by atoms with Gasteiger partial charge in [0.05, 0.1) is 12.6 Å². The summed E-state index contributed by atoms with van der Waals surface area (Å²) in [6.45, 7) is 3.98. The van der Waals surface area contributed by atoms with Crippen LogP contribution in [-0.4, -0.2) is 23.0 Å². The molecule has 0 spiro atoms. The van der Waals surface area contributed by atoms with Gasteiger partial charge in [-0.15, -0.1) is 0 Å². The number of hydrogen-bond donors (Lipinski definition) is 2. The molecule has 1 rings (SSSR count). The second kappa shape index (κ2) is 7.42. The average Bonchev–Trinajstić information content (AvgIpc) is 2.34. The maximum atomic E-state index is 13.2. The minimum atomic E-state index is -0.367. The Morgan fingerprint density at radius 3 is 2.78 bits per heavy atom. The van der Waals surface area contributed by atoms with E-state index in [1.807, 2.05) is 6.92 Å². The number of aliphatic hydroxyl groups is 1. The van der Waals surface area contributed by atoms with E-state index in [-0.39, 0.29) is 23.7 Å². The minimum Gasteiger partial charge on any atom is -0.392 e. The standard InChI is InChI=1S/C14H18FNOS/c1-10(17)11(2)18-9-13-5-6-14(15)8-12(13)4-3-7-16/h5-6,8,10-11,17H,7,9,16H2,1-2H3. The van der Waals surface area contributed by atoms with Gasteiger partial charge in [-0.3, -0.25) is 0 Å². The van der Waals surface area contributed by atoms with Crippen molar-refractivity contribution in [1.29, 1.82) is 0 Å². The van der Waals surface area contributed by atoms with E-state index in [9.17, 15) is 9.50 Å². The summed E-state index contributed by atoms with van der Waals surface area (Å²) in [4.78, 5) is 0. The van der Waals surface area contributed by atoms with Crippen LogP contribution in [0.4, 0.5) is 4.39 Å². The van der Waals surface area contributed by atoms with Crippen molar-refractivity contribution >= 4 is 11.8 Å². The molecule has 98 valence electrons. The molecule has 4 heteroatoms. The van der Waals surface area contributed by atoms with Gasteiger partial charge in [0.1, 0.15) is 5.82 Å². The molecule has 0 fully saturated rings. The lowest BCUT2D eigenvalue weighted by atomic mass is 10.1. The van der Waals surface area contributed by atoms with Crippen LogP contribution in [0.5, 0.6) is 0 Å². The summed E-state index contributed by atoms with van der Waals surface area (Å²) in [5, 5.41) is 9.56. The molecule has 2 unspecified atom stereocenters. The summed E-state index contributed by atoms with van der Waals surface area (Å²) >= 11 is 1.62. The molecule has 2 nitrogen and oxygen atoms in total. The monoisotopic (exact) mass is 267 g/mol. The van der Waals surface area contributed by atoms with Gasteiger partial charge in [-0.1, -0.05) is 24.8 Å². The zero-order valence-corrected chi connectivity index (χ0v) is 11.4. The van der Waals surface area contributed by atoms with Gasteiger partial charge < -0.3 is 10.8 Å². The molecule has 2 atom stereocenters. The van der Waals surface area contributed by atoms with E-state index in [2.05, 4.69) is 11.8 Å². The topological polar surface area (TPSA) is 46.2 Å². The van der Waals surface area contributed by atoms with Crippen LogP contribution in [0.3, 0.4) is 0 Å². The number of rotatable bonds is 4.